The van der Waals surface area contributed by atoms with Gasteiger partial charge in [-0.2, -0.15) is 0 Å². The van der Waals surface area contributed by atoms with E-state index in [0.29, 0.717) is 11.5 Å². The van der Waals surface area contributed by atoms with Gasteiger partial charge in [0.2, 0.25) is 0 Å². The highest BCUT2D eigenvalue weighted by atomic mass is 15.3. The molecule has 1 aliphatic carbocycles. The van der Waals surface area contributed by atoms with E-state index in [1.807, 2.05) is 0 Å². The molecule has 1 heterocycles. The summed E-state index contributed by atoms with van der Waals surface area (Å²) in [6.07, 6.45) is 6.80. The predicted molar refractivity (Wildman–Crippen MR) is 77.7 cm³/mol. The van der Waals surface area contributed by atoms with Crippen LogP contribution < -0.4 is 5.73 Å². The number of hydrogen-bond donors (Lipinski definition) is 1. The minimum absolute atomic E-state index is 0.403. The summed E-state index contributed by atoms with van der Waals surface area (Å²) in [7, 11) is 2.27. The van der Waals surface area contributed by atoms with E-state index < -0.39 is 0 Å². The molecular weight excluding hydrogens is 222 g/mol. The second kappa shape index (κ2) is 5.89. The van der Waals surface area contributed by atoms with E-state index in [1.165, 1.54) is 45.3 Å². The molecule has 0 aromatic heterocycles. The predicted octanol–water partition coefficient (Wildman–Crippen LogP) is 1.92. The molecule has 3 nitrogen and oxygen atoms in total. The van der Waals surface area contributed by atoms with Crippen LogP contribution in [0.5, 0.6) is 0 Å². The molecule has 0 spiro atoms. The van der Waals surface area contributed by atoms with Gasteiger partial charge < -0.3 is 10.6 Å². The second-order valence-corrected chi connectivity index (χ2v) is 7.20. The zero-order chi connectivity index (χ0) is 13.2. The average Bonchev–Trinajstić information content (AvgIpc) is 2.74. The van der Waals surface area contributed by atoms with Crippen molar-refractivity contribution in [3.63, 3.8) is 0 Å². The molecule has 3 heteroatoms. The zero-order valence-corrected chi connectivity index (χ0v) is 12.5. The molecule has 2 aliphatic rings. The van der Waals surface area contributed by atoms with Crippen LogP contribution in [0.15, 0.2) is 0 Å². The summed E-state index contributed by atoms with van der Waals surface area (Å²) in [5, 5.41) is 0. The Morgan fingerprint density at radius 2 is 1.83 bits per heavy atom. The van der Waals surface area contributed by atoms with Crippen LogP contribution in [0.25, 0.3) is 0 Å². The lowest BCUT2D eigenvalue weighted by Gasteiger charge is -2.38. The van der Waals surface area contributed by atoms with Gasteiger partial charge in [-0.25, -0.2) is 0 Å². The van der Waals surface area contributed by atoms with Crippen molar-refractivity contribution in [3.05, 3.63) is 0 Å². The minimum atomic E-state index is 0.403. The SMILES string of the molecule is CN1CC(CCN)N(C2CCCC2)CC(C)(C)C1. The maximum Gasteiger partial charge on any atom is 0.0238 e. The van der Waals surface area contributed by atoms with Gasteiger partial charge in [-0.3, -0.25) is 4.90 Å². The van der Waals surface area contributed by atoms with Crippen LogP contribution in [0.3, 0.4) is 0 Å². The zero-order valence-electron chi connectivity index (χ0n) is 12.5. The van der Waals surface area contributed by atoms with Crippen LogP contribution in [0.2, 0.25) is 0 Å². The first-order valence-electron chi connectivity index (χ1n) is 7.66. The third kappa shape index (κ3) is 3.46. The molecule has 1 unspecified atom stereocenters. The van der Waals surface area contributed by atoms with Gasteiger partial charge in [0.1, 0.15) is 0 Å². The Kier molecular flexibility index (Phi) is 4.68. The fourth-order valence-electron chi connectivity index (χ4n) is 4.05. The minimum Gasteiger partial charge on any atom is -0.330 e. The van der Waals surface area contributed by atoms with Gasteiger partial charge in [0.05, 0.1) is 0 Å². The van der Waals surface area contributed by atoms with Crippen LogP contribution in [0, 0.1) is 5.41 Å². The van der Waals surface area contributed by atoms with Gasteiger partial charge in [0.15, 0.2) is 0 Å². The summed E-state index contributed by atoms with van der Waals surface area (Å²) in [4.78, 5) is 5.32. The molecule has 2 fully saturated rings. The molecule has 1 saturated carbocycles. The van der Waals surface area contributed by atoms with Gasteiger partial charge in [-0.1, -0.05) is 26.7 Å². The van der Waals surface area contributed by atoms with Gasteiger partial charge in [-0.05, 0) is 38.3 Å². The average molecular weight is 253 g/mol. The van der Waals surface area contributed by atoms with Crippen LogP contribution in [0.1, 0.15) is 46.0 Å². The smallest absolute Gasteiger partial charge is 0.0238 e. The van der Waals surface area contributed by atoms with Crippen molar-refractivity contribution in [1.29, 1.82) is 0 Å². The molecule has 0 aromatic carbocycles. The van der Waals surface area contributed by atoms with Crippen molar-refractivity contribution in [3.8, 4) is 0 Å². The molecule has 18 heavy (non-hydrogen) atoms. The largest absolute Gasteiger partial charge is 0.330 e. The highest BCUT2D eigenvalue weighted by Crippen LogP contribution is 2.32. The van der Waals surface area contributed by atoms with Crippen molar-refractivity contribution in [1.82, 2.24) is 9.80 Å². The summed E-state index contributed by atoms with van der Waals surface area (Å²) in [6.45, 7) is 9.29. The van der Waals surface area contributed by atoms with Gasteiger partial charge in [0, 0.05) is 31.7 Å². The molecule has 0 amide bonds. The lowest BCUT2D eigenvalue weighted by atomic mass is 9.91. The molecule has 0 radical (unpaired) electrons. The first kappa shape index (κ1) is 14.3. The first-order valence-corrected chi connectivity index (χ1v) is 7.66. The second-order valence-electron chi connectivity index (χ2n) is 7.20. The standard InChI is InChI=1S/C15H31N3/c1-15(2)11-17(3)10-14(8-9-16)18(12-15)13-6-4-5-7-13/h13-14H,4-12,16H2,1-3H3. The van der Waals surface area contributed by atoms with Crippen molar-refractivity contribution >= 4 is 0 Å². The van der Waals surface area contributed by atoms with E-state index in [4.69, 9.17) is 5.73 Å². The van der Waals surface area contributed by atoms with Gasteiger partial charge in [-0.15, -0.1) is 0 Å². The Morgan fingerprint density at radius 1 is 1.17 bits per heavy atom. The van der Waals surface area contributed by atoms with Crippen LogP contribution >= 0.6 is 0 Å². The van der Waals surface area contributed by atoms with Gasteiger partial charge in [0.25, 0.3) is 0 Å². The molecule has 2 rings (SSSR count). The summed E-state index contributed by atoms with van der Waals surface area (Å²) >= 11 is 0. The quantitative estimate of drug-likeness (QED) is 0.834. The molecule has 2 N–H and O–H groups in total. The molecule has 0 bridgehead atoms. The lowest BCUT2D eigenvalue weighted by Crippen LogP contribution is -2.47. The summed E-state index contributed by atoms with van der Waals surface area (Å²) in [5.74, 6) is 0. The first-order chi connectivity index (χ1) is 8.52. The fraction of sp³-hybridized carbons (Fsp3) is 1.00. The Balaban J connectivity index is 2.13. The van der Waals surface area contributed by atoms with E-state index in [9.17, 15) is 0 Å². The molecular formula is C15H31N3. The van der Waals surface area contributed by atoms with Crippen molar-refractivity contribution in [2.24, 2.45) is 11.1 Å². The number of hydrogen-bond acceptors (Lipinski definition) is 3. The Hall–Kier alpha value is -0.120. The van der Waals surface area contributed by atoms with Crippen molar-refractivity contribution < 1.29 is 0 Å². The lowest BCUT2D eigenvalue weighted by molar-refractivity contribution is 0.102. The highest BCUT2D eigenvalue weighted by Gasteiger charge is 2.36. The maximum atomic E-state index is 5.84. The van der Waals surface area contributed by atoms with E-state index in [-0.39, 0.29) is 0 Å². The van der Waals surface area contributed by atoms with E-state index in [0.717, 1.165) is 19.0 Å². The molecule has 0 aromatic rings. The summed E-state index contributed by atoms with van der Waals surface area (Å²) in [5.41, 5.74) is 6.24. The van der Waals surface area contributed by atoms with E-state index in [2.05, 4.69) is 30.7 Å². The Morgan fingerprint density at radius 3 is 2.44 bits per heavy atom. The van der Waals surface area contributed by atoms with Crippen molar-refractivity contribution in [2.75, 3.05) is 33.2 Å². The van der Waals surface area contributed by atoms with E-state index >= 15 is 0 Å². The fourth-order valence-corrected chi connectivity index (χ4v) is 4.05. The summed E-state index contributed by atoms with van der Waals surface area (Å²) in [6, 6.07) is 1.50. The van der Waals surface area contributed by atoms with E-state index in [1.54, 1.807) is 0 Å². The van der Waals surface area contributed by atoms with Crippen molar-refractivity contribution in [2.45, 2.75) is 58.0 Å². The molecule has 1 aliphatic heterocycles. The maximum absolute atomic E-state index is 5.84. The van der Waals surface area contributed by atoms with Crippen LogP contribution in [-0.4, -0.2) is 55.1 Å². The monoisotopic (exact) mass is 253 g/mol. The third-order valence-electron chi connectivity index (χ3n) is 4.59. The normalized spacial score (nSPS) is 31.7. The molecule has 106 valence electrons. The van der Waals surface area contributed by atoms with Gasteiger partial charge >= 0.3 is 0 Å². The Bertz CT molecular complexity index is 258. The number of likely N-dealkylation sites (N-methyl/N-ethyl adjacent to an activating group) is 1. The number of rotatable bonds is 3. The molecule has 1 atom stereocenters. The molecule has 1 saturated heterocycles. The third-order valence-corrected chi connectivity index (χ3v) is 4.59. The van der Waals surface area contributed by atoms with Crippen LogP contribution in [0.4, 0.5) is 0 Å². The number of nitrogens with zero attached hydrogens (tertiary/aromatic N) is 2. The summed E-state index contributed by atoms with van der Waals surface area (Å²) < 4.78 is 0. The number of nitrogens with two attached hydrogens (primary N) is 1. The van der Waals surface area contributed by atoms with Crippen LogP contribution in [-0.2, 0) is 0 Å². The topological polar surface area (TPSA) is 32.5 Å². The highest BCUT2D eigenvalue weighted by molar-refractivity contribution is 4.92. The Labute approximate surface area is 113 Å².